The van der Waals surface area contributed by atoms with Crippen LogP contribution in [-0.2, 0) is 11.0 Å². The maximum Gasteiger partial charge on any atom is 0.416 e. The normalized spacial score (nSPS) is 13.2. The number of primary amides is 1. The van der Waals surface area contributed by atoms with E-state index in [2.05, 4.69) is 5.32 Å². The predicted octanol–water partition coefficient (Wildman–Crippen LogP) is 2.89. The summed E-state index contributed by atoms with van der Waals surface area (Å²) < 4.78 is 37.1. The van der Waals surface area contributed by atoms with Crippen LogP contribution < -0.4 is 11.1 Å². The molecule has 1 aromatic rings. The van der Waals surface area contributed by atoms with Crippen LogP contribution in [0.1, 0.15) is 12.5 Å². The van der Waals surface area contributed by atoms with E-state index in [9.17, 15) is 18.0 Å². The topological polar surface area (TPSA) is 55.1 Å². The number of benzene rings is 1. The number of carbonyl (C=O) groups is 1. The average molecular weight is 281 g/mol. The van der Waals surface area contributed by atoms with Crippen molar-refractivity contribution in [3.63, 3.8) is 0 Å². The molecule has 1 unspecified atom stereocenters. The summed E-state index contributed by atoms with van der Waals surface area (Å²) in [5, 5.41) is 2.72. The molecule has 0 aliphatic heterocycles. The fourth-order valence-corrected chi connectivity index (χ4v) is 1.45. The van der Waals surface area contributed by atoms with Crippen LogP contribution in [-0.4, -0.2) is 12.5 Å². The van der Waals surface area contributed by atoms with E-state index in [1.54, 1.807) is 6.92 Å². The monoisotopic (exact) mass is 280 g/mol. The van der Waals surface area contributed by atoms with Crippen molar-refractivity contribution in [3.8, 4) is 0 Å². The van der Waals surface area contributed by atoms with Crippen LogP contribution in [0.2, 0.25) is 5.02 Å². The zero-order valence-corrected chi connectivity index (χ0v) is 10.3. The Hall–Kier alpha value is -1.43. The zero-order chi connectivity index (χ0) is 13.9. The SMILES string of the molecule is CC(CNc1ccc(C(F)(F)F)cc1Cl)C(N)=O. The predicted molar refractivity (Wildman–Crippen MR) is 63.3 cm³/mol. The third-order valence-electron chi connectivity index (χ3n) is 2.38. The Morgan fingerprint density at radius 2 is 2.11 bits per heavy atom. The molecule has 7 heteroatoms. The van der Waals surface area contributed by atoms with E-state index in [4.69, 9.17) is 17.3 Å². The summed E-state index contributed by atoms with van der Waals surface area (Å²) in [7, 11) is 0. The molecule has 0 radical (unpaired) electrons. The Balaban J connectivity index is 2.78. The van der Waals surface area contributed by atoms with Crippen molar-refractivity contribution < 1.29 is 18.0 Å². The van der Waals surface area contributed by atoms with Crippen molar-refractivity contribution in [2.75, 3.05) is 11.9 Å². The molecule has 0 heterocycles. The van der Waals surface area contributed by atoms with Crippen LogP contribution in [0.3, 0.4) is 0 Å². The highest BCUT2D eigenvalue weighted by Gasteiger charge is 2.30. The number of carbonyl (C=O) groups excluding carboxylic acids is 1. The number of rotatable bonds is 4. The number of nitrogens with one attached hydrogen (secondary N) is 1. The summed E-state index contributed by atoms with van der Waals surface area (Å²) in [4.78, 5) is 10.8. The summed E-state index contributed by atoms with van der Waals surface area (Å²) in [5.74, 6) is -0.936. The first-order valence-corrected chi connectivity index (χ1v) is 5.49. The number of halogens is 4. The molecule has 0 saturated heterocycles. The second-order valence-corrected chi connectivity index (χ2v) is 4.28. The molecule has 18 heavy (non-hydrogen) atoms. The lowest BCUT2D eigenvalue weighted by Gasteiger charge is -2.13. The van der Waals surface area contributed by atoms with Gasteiger partial charge >= 0.3 is 6.18 Å². The van der Waals surface area contributed by atoms with Crippen LogP contribution in [0.25, 0.3) is 0 Å². The quantitative estimate of drug-likeness (QED) is 0.891. The van der Waals surface area contributed by atoms with Crippen LogP contribution in [0.5, 0.6) is 0 Å². The number of hydrogen-bond acceptors (Lipinski definition) is 2. The Kier molecular flexibility index (Phi) is 4.45. The van der Waals surface area contributed by atoms with Gasteiger partial charge in [0.1, 0.15) is 0 Å². The van der Waals surface area contributed by atoms with Crippen molar-refractivity contribution in [2.45, 2.75) is 13.1 Å². The summed E-state index contributed by atoms with van der Waals surface area (Å²) >= 11 is 5.72. The van der Waals surface area contributed by atoms with Crippen molar-refractivity contribution in [2.24, 2.45) is 11.7 Å². The molecule has 1 rings (SSSR count). The van der Waals surface area contributed by atoms with Gasteiger partial charge in [-0.2, -0.15) is 13.2 Å². The van der Waals surface area contributed by atoms with E-state index in [1.165, 1.54) is 6.07 Å². The first-order chi connectivity index (χ1) is 8.21. The third-order valence-corrected chi connectivity index (χ3v) is 2.69. The minimum absolute atomic E-state index is 0.0542. The number of alkyl halides is 3. The summed E-state index contributed by atoms with van der Waals surface area (Å²) in [6, 6.07) is 2.97. The maximum atomic E-state index is 12.4. The van der Waals surface area contributed by atoms with Gasteiger partial charge in [0.2, 0.25) is 5.91 Å². The van der Waals surface area contributed by atoms with Crippen LogP contribution in [0, 0.1) is 5.92 Å². The Labute approximate surface area is 107 Å². The van der Waals surface area contributed by atoms with Gasteiger partial charge in [-0.05, 0) is 18.2 Å². The van der Waals surface area contributed by atoms with Gasteiger partial charge in [-0.3, -0.25) is 4.79 Å². The van der Waals surface area contributed by atoms with E-state index < -0.39 is 23.6 Å². The highest BCUT2D eigenvalue weighted by molar-refractivity contribution is 6.33. The minimum Gasteiger partial charge on any atom is -0.383 e. The number of amides is 1. The Bertz CT molecular complexity index is 448. The molecule has 0 fully saturated rings. The van der Waals surface area contributed by atoms with Gasteiger partial charge in [0.25, 0.3) is 0 Å². The highest BCUT2D eigenvalue weighted by Crippen LogP contribution is 2.33. The van der Waals surface area contributed by atoms with Gasteiger partial charge in [0, 0.05) is 6.54 Å². The van der Waals surface area contributed by atoms with E-state index in [0.29, 0.717) is 5.69 Å². The lowest BCUT2D eigenvalue weighted by atomic mass is 10.1. The molecular formula is C11H12ClF3N2O. The fourth-order valence-electron chi connectivity index (χ4n) is 1.20. The summed E-state index contributed by atoms with van der Waals surface area (Å²) in [6.45, 7) is 1.81. The zero-order valence-electron chi connectivity index (χ0n) is 9.51. The van der Waals surface area contributed by atoms with Crippen molar-refractivity contribution in [3.05, 3.63) is 28.8 Å². The van der Waals surface area contributed by atoms with E-state index in [1.807, 2.05) is 0 Å². The van der Waals surface area contributed by atoms with Crippen molar-refractivity contribution in [1.29, 1.82) is 0 Å². The number of nitrogens with two attached hydrogens (primary N) is 1. The van der Waals surface area contributed by atoms with Crippen molar-refractivity contribution >= 4 is 23.2 Å². The van der Waals surface area contributed by atoms with Crippen LogP contribution in [0.15, 0.2) is 18.2 Å². The van der Waals surface area contributed by atoms with Crippen LogP contribution >= 0.6 is 11.6 Å². The largest absolute Gasteiger partial charge is 0.416 e. The van der Waals surface area contributed by atoms with E-state index in [-0.39, 0.29) is 11.6 Å². The van der Waals surface area contributed by atoms with Gasteiger partial charge in [-0.1, -0.05) is 18.5 Å². The van der Waals surface area contributed by atoms with E-state index >= 15 is 0 Å². The molecule has 0 spiro atoms. The molecule has 100 valence electrons. The van der Waals surface area contributed by atoms with Gasteiger partial charge in [0.05, 0.1) is 22.2 Å². The smallest absolute Gasteiger partial charge is 0.383 e. The highest BCUT2D eigenvalue weighted by atomic mass is 35.5. The molecule has 1 aromatic carbocycles. The van der Waals surface area contributed by atoms with Gasteiger partial charge in [-0.25, -0.2) is 0 Å². The van der Waals surface area contributed by atoms with Gasteiger partial charge in [-0.15, -0.1) is 0 Å². The van der Waals surface area contributed by atoms with Gasteiger partial charge in [0.15, 0.2) is 0 Å². The van der Waals surface area contributed by atoms with Gasteiger partial charge < -0.3 is 11.1 Å². The van der Waals surface area contributed by atoms with Crippen molar-refractivity contribution in [1.82, 2.24) is 0 Å². The minimum atomic E-state index is -4.43. The second-order valence-electron chi connectivity index (χ2n) is 3.88. The molecule has 1 atom stereocenters. The third kappa shape index (κ3) is 3.80. The summed E-state index contributed by atoms with van der Waals surface area (Å²) in [6.07, 6.45) is -4.43. The Morgan fingerprint density at radius 1 is 1.50 bits per heavy atom. The first-order valence-electron chi connectivity index (χ1n) is 5.11. The Morgan fingerprint density at radius 3 is 2.56 bits per heavy atom. The lowest BCUT2D eigenvalue weighted by molar-refractivity contribution is -0.137. The molecule has 3 N–H and O–H groups in total. The lowest BCUT2D eigenvalue weighted by Crippen LogP contribution is -2.26. The molecule has 0 aliphatic carbocycles. The second kappa shape index (κ2) is 5.48. The molecule has 0 saturated carbocycles. The van der Waals surface area contributed by atoms with Crippen LogP contribution in [0.4, 0.5) is 18.9 Å². The first kappa shape index (κ1) is 14.6. The molecular weight excluding hydrogens is 269 g/mol. The molecule has 3 nitrogen and oxygen atoms in total. The summed E-state index contributed by atoms with van der Waals surface area (Å²) in [5.41, 5.74) is 4.57. The number of hydrogen-bond donors (Lipinski definition) is 2. The molecule has 0 bridgehead atoms. The standard InChI is InChI=1S/C11H12ClF3N2O/c1-6(10(16)18)5-17-9-3-2-7(4-8(9)12)11(13,14)15/h2-4,6,17H,5H2,1H3,(H2,16,18). The molecule has 0 aromatic heterocycles. The average Bonchev–Trinajstić information content (AvgIpc) is 2.25. The fraction of sp³-hybridized carbons (Fsp3) is 0.364. The maximum absolute atomic E-state index is 12.4. The van der Waals surface area contributed by atoms with E-state index in [0.717, 1.165) is 12.1 Å². The molecule has 1 amide bonds. The number of anilines is 1. The molecule has 0 aliphatic rings.